The fourth-order valence-electron chi connectivity index (χ4n) is 4.49. The molecule has 20 heavy (non-hydrogen) atoms. The summed E-state index contributed by atoms with van der Waals surface area (Å²) in [6.45, 7) is 6.66. The molecule has 0 spiro atoms. The molecule has 3 aliphatic rings. The fraction of sp³-hybridized carbons (Fsp3) is 0.938. The number of piperidine rings is 2. The van der Waals surface area contributed by atoms with Crippen molar-refractivity contribution in [2.75, 3.05) is 26.2 Å². The number of carboxylic acids is 1. The van der Waals surface area contributed by atoms with Crippen molar-refractivity contribution in [3.05, 3.63) is 0 Å². The topological polar surface area (TPSA) is 52.6 Å². The van der Waals surface area contributed by atoms with Gasteiger partial charge in [-0.05, 0) is 76.9 Å². The van der Waals surface area contributed by atoms with Gasteiger partial charge in [0.25, 0.3) is 0 Å². The minimum Gasteiger partial charge on any atom is -0.481 e. The highest BCUT2D eigenvalue weighted by atomic mass is 16.4. The summed E-state index contributed by atoms with van der Waals surface area (Å²) in [6, 6.07) is 0.528. The summed E-state index contributed by atoms with van der Waals surface area (Å²) in [4.78, 5) is 13.8. The second-order valence-electron chi connectivity index (χ2n) is 7.41. The Morgan fingerprint density at radius 2 is 1.90 bits per heavy atom. The Morgan fingerprint density at radius 3 is 2.55 bits per heavy atom. The van der Waals surface area contributed by atoms with Gasteiger partial charge in [0.15, 0.2) is 0 Å². The van der Waals surface area contributed by atoms with Gasteiger partial charge < -0.3 is 15.3 Å². The summed E-state index contributed by atoms with van der Waals surface area (Å²) in [5.41, 5.74) is -0.452. The monoisotopic (exact) mass is 280 g/mol. The SMILES string of the molecule is CC1(C(=O)O)CC(N2CCC[C@H](C3CCNCC3)C2)C1. The minimum atomic E-state index is -0.610. The highest BCUT2D eigenvalue weighted by Crippen LogP contribution is 2.45. The van der Waals surface area contributed by atoms with E-state index in [0.29, 0.717) is 6.04 Å². The van der Waals surface area contributed by atoms with Crippen molar-refractivity contribution in [3.63, 3.8) is 0 Å². The molecule has 1 atom stereocenters. The molecule has 114 valence electrons. The van der Waals surface area contributed by atoms with Gasteiger partial charge >= 0.3 is 5.97 Å². The van der Waals surface area contributed by atoms with Gasteiger partial charge in [-0.2, -0.15) is 0 Å². The fourth-order valence-corrected chi connectivity index (χ4v) is 4.49. The molecule has 3 fully saturated rings. The van der Waals surface area contributed by atoms with Gasteiger partial charge in [-0.1, -0.05) is 0 Å². The van der Waals surface area contributed by atoms with Crippen LogP contribution in [-0.4, -0.2) is 48.2 Å². The summed E-state index contributed by atoms with van der Waals surface area (Å²) in [6.07, 6.45) is 7.04. The predicted molar refractivity (Wildman–Crippen MR) is 78.7 cm³/mol. The van der Waals surface area contributed by atoms with Gasteiger partial charge in [-0.3, -0.25) is 4.79 Å². The molecule has 0 radical (unpaired) electrons. The summed E-state index contributed by atoms with van der Waals surface area (Å²) in [5, 5.41) is 12.7. The average molecular weight is 280 g/mol. The van der Waals surface area contributed by atoms with Crippen LogP contribution in [0, 0.1) is 17.3 Å². The Morgan fingerprint density at radius 1 is 1.20 bits per heavy atom. The van der Waals surface area contributed by atoms with Gasteiger partial charge in [-0.25, -0.2) is 0 Å². The summed E-state index contributed by atoms with van der Waals surface area (Å²) < 4.78 is 0. The van der Waals surface area contributed by atoms with Gasteiger partial charge in [0, 0.05) is 12.6 Å². The minimum absolute atomic E-state index is 0.452. The lowest BCUT2D eigenvalue weighted by Crippen LogP contribution is -2.56. The van der Waals surface area contributed by atoms with E-state index in [1.807, 2.05) is 6.92 Å². The Hall–Kier alpha value is -0.610. The predicted octanol–water partition coefficient (Wildman–Crippen LogP) is 1.95. The van der Waals surface area contributed by atoms with Crippen molar-refractivity contribution in [2.24, 2.45) is 17.3 Å². The summed E-state index contributed by atoms with van der Waals surface area (Å²) in [5.74, 6) is 1.13. The van der Waals surface area contributed by atoms with E-state index in [-0.39, 0.29) is 0 Å². The maximum atomic E-state index is 11.2. The highest BCUT2D eigenvalue weighted by Gasteiger charge is 2.49. The lowest BCUT2D eigenvalue weighted by Gasteiger charge is -2.50. The summed E-state index contributed by atoms with van der Waals surface area (Å²) in [7, 11) is 0. The number of carbonyl (C=O) groups is 1. The first-order valence-electron chi connectivity index (χ1n) is 8.27. The van der Waals surface area contributed by atoms with Crippen LogP contribution < -0.4 is 5.32 Å². The molecule has 4 heteroatoms. The van der Waals surface area contributed by atoms with E-state index in [1.54, 1.807) is 0 Å². The molecular weight excluding hydrogens is 252 g/mol. The van der Waals surface area contributed by atoms with Crippen LogP contribution in [0.4, 0.5) is 0 Å². The Kier molecular flexibility index (Phi) is 4.04. The smallest absolute Gasteiger partial charge is 0.309 e. The molecule has 3 rings (SSSR count). The highest BCUT2D eigenvalue weighted by molar-refractivity contribution is 5.75. The maximum absolute atomic E-state index is 11.2. The molecule has 0 bridgehead atoms. The van der Waals surface area contributed by atoms with Crippen LogP contribution in [0.5, 0.6) is 0 Å². The van der Waals surface area contributed by atoms with Gasteiger partial charge in [0.1, 0.15) is 0 Å². The van der Waals surface area contributed by atoms with Gasteiger partial charge in [-0.15, -0.1) is 0 Å². The van der Waals surface area contributed by atoms with Crippen LogP contribution in [0.3, 0.4) is 0 Å². The van der Waals surface area contributed by atoms with Crippen molar-refractivity contribution in [1.82, 2.24) is 10.2 Å². The molecule has 2 N–H and O–H groups in total. The lowest BCUT2D eigenvalue weighted by molar-refractivity contribution is -0.158. The molecule has 2 aliphatic heterocycles. The molecule has 0 aromatic heterocycles. The number of hydrogen-bond acceptors (Lipinski definition) is 3. The lowest BCUT2D eigenvalue weighted by atomic mass is 9.65. The molecule has 1 saturated carbocycles. The van der Waals surface area contributed by atoms with Crippen LogP contribution >= 0.6 is 0 Å². The van der Waals surface area contributed by atoms with Gasteiger partial charge in [0.2, 0.25) is 0 Å². The van der Waals surface area contributed by atoms with E-state index in [9.17, 15) is 9.90 Å². The third kappa shape index (κ3) is 2.73. The van der Waals surface area contributed by atoms with Crippen molar-refractivity contribution in [3.8, 4) is 0 Å². The van der Waals surface area contributed by atoms with Crippen LogP contribution in [-0.2, 0) is 4.79 Å². The number of likely N-dealkylation sites (tertiary alicyclic amines) is 1. The molecule has 2 heterocycles. The Labute approximate surface area is 121 Å². The summed E-state index contributed by atoms with van der Waals surface area (Å²) >= 11 is 0. The Balaban J connectivity index is 1.53. The van der Waals surface area contributed by atoms with Crippen molar-refractivity contribution < 1.29 is 9.90 Å². The number of hydrogen-bond donors (Lipinski definition) is 2. The van der Waals surface area contributed by atoms with Crippen LogP contribution in [0.2, 0.25) is 0 Å². The first-order chi connectivity index (χ1) is 9.58. The number of carboxylic acid groups (broad SMARTS) is 1. The van der Waals surface area contributed by atoms with Crippen molar-refractivity contribution in [1.29, 1.82) is 0 Å². The number of aliphatic carboxylic acids is 1. The normalized spacial score (nSPS) is 40.2. The molecule has 0 unspecified atom stereocenters. The molecule has 0 amide bonds. The van der Waals surface area contributed by atoms with E-state index >= 15 is 0 Å². The van der Waals surface area contributed by atoms with E-state index in [4.69, 9.17) is 0 Å². The molecule has 4 nitrogen and oxygen atoms in total. The second-order valence-corrected chi connectivity index (χ2v) is 7.41. The third-order valence-corrected chi connectivity index (χ3v) is 5.94. The standard InChI is InChI=1S/C16H28N2O2/c1-16(15(19)20)9-14(10-16)18-8-2-3-13(11-18)12-4-6-17-7-5-12/h12-14,17H,2-11H2,1H3,(H,19,20)/t13-,14?,16?/m0/s1. The van der Waals surface area contributed by atoms with E-state index in [1.165, 1.54) is 51.9 Å². The number of nitrogens with zero attached hydrogens (tertiary/aromatic N) is 1. The Bertz CT molecular complexity index is 359. The van der Waals surface area contributed by atoms with Crippen LogP contribution in [0.15, 0.2) is 0 Å². The maximum Gasteiger partial charge on any atom is 0.309 e. The van der Waals surface area contributed by atoms with Crippen molar-refractivity contribution >= 4 is 5.97 Å². The zero-order valence-electron chi connectivity index (χ0n) is 12.6. The zero-order valence-corrected chi connectivity index (χ0v) is 12.6. The molecule has 0 aromatic carbocycles. The van der Waals surface area contributed by atoms with Crippen LogP contribution in [0.1, 0.15) is 45.4 Å². The quantitative estimate of drug-likeness (QED) is 0.829. The van der Waals surface area contributed by atoms with Gasteiger partial charge in [0.05, 0.1) is 5.41 Å². The molecule has 2 saturated heterocycles. The van der Waals surface area contributed by atoms with E-state index in [2.05, 4.69) is 10.2 Å². The first-order valence-corrected chi connectivity index (χ1v) is 8.27. The van der Waals surface area contributed by atoms with Crippen molar-refractivity contribution in [2.45, 2.75) is 51.5 Å². The largest absolute Gasteiger partial charge is 0.481 e. The molecular formula is C16H28N2O2. The third-order valence-electron chi connectivity index (χ3n) is 5.94. The van der Waals surface area contributed by atoms with E-state index in [0.717, 1.165) is 24.7 Å². The number of rotatable bonds is 3. The molecule has 1 aliphatic carbocycles. The van der Waals surface area contributed by atoms with E-state index < -0.39 is 11.4 Å². The van der Waals surface area contributed by atoms with Crippen LogP contribution in [0.25, 0.3) is 0 Å². The zero-order chi connectivity index (χ0) is 14.2. The molecule has 0 aromatic rings. The number of nitrogens with one attached hydrogen (secondary N) is 1. The second kappa shape index (κ2) is 5.64. The average Bonchev–Trinajstić information content (AvgIpc) is 2.45. The first kappa shape index (κ1) is 14.3.